The number of amides is 1. The van der Waals surface area contributed by atoms with Crippen molar-refractivity contribution in [2.24, 2.45) is 0 Å². The molecule has 1 fully saturated rings. The zero-order valence-corrected chi connectivity index (χ0v) is 20.4. The van der Waals surface area contributed by atoms with Crippen LogP contribution in [0.2, 0.25) is 0 Å². The average molecular weight is 500 g/mol. The number of pyridine rings is 3. The van der Waals surface area contributed by atoms with Crippen LogP contribution < -0.4 is 10.2 Å². The Labute approximate surface area is 211 Å². The Morgan fingerprint density at radius 2 is 2.00 bits per heavy atom. The number of piperidine rings is 1. The maximum atomic E-state index is 16.0. The van der Waals surface area contributed by atoms with E-state index in [0.29, 0.717) is 40.4 Å². The van der Waals surface area contributed by atoms with Crippen molar-refractivity contribution in [1.82, 2.24) is 35.1 Å². The molecule has 11 heteroatoms. The van der Waals surface area contributed by atoms with Gasteiger partial charge in [0.15, 0.2) is 17.3 Å². The second-order valence-corrected chi connectivity index (χ2v) is 9.20. The van der Waals surface area contributed by atoms with Crippen LogP contribution >= 0.6 is 0 Å². The van der Waals surface area contributed by atoms with Crippen molar-refractivity contribution in [1.29, 1.82) is 0 Å². The molecule has 5 aromatic rings. The number of H-pyrrole nitrogens is 2. The van der Waals surface area contributed by atoms with Crippen LogP contribution in [0.15, 0.2) is 36.9 Å². The number of hydrogen-bond acceptors (Lipinski definition) is 7. The number of anilines is 2. The molecule has 0 spiro atoms. The van der Waals surface area contributed by atoms with Gasteiger partial charge in [0, 0.05) is 37.5 Å². The first-order chi connectivity index (χ1) is 18.1. The number of carbonyl (C=O) groups excluding carboxylic acids is 1. The summed E-state index contributed by atoms with van der Waals surface area (Å²) in [6, 6.07) is 3.64. The molecule has 1 amide bonds. The lowest BCUT2D eigenvalue weighted by Crippen LogP contribution is -2.29. The highest BCUT2D eigenvalue weighted by Crippen LogP contribution is 2.34. The summed E-state index contributed by atoms with van der Waals surface area (Å²) < 4.78 is 16.0. The standard InChI is InChI=1S/C26H26FN9O/c1-2-6-19(37)31-16-11-15(12-28-13-16)22-21(27)20-17(14-30-22)34-35-24(20)26-32-23-18(7-8-29-25(23)33-26)36-9-4-3-5-10-36/h7-8,11-14H,2-6,9-10H2,1H3,(H,31,37)(H,34,35)(H,29,32,33). The number of aromatic nitrogens is 7. The average Bonchev–Trinajstić information content (AvgIpc) is 3.54. The number of halogens is 1. The lowest BCUT2D eigenvalue weighted by atomic mass is 10.1. The van der Waals surface area contributed by atoms with Gasteiger partial charge in [-0.2, -0.15) is 5.10 Å². The third kappa shape index (κ3) is 4.26. The molecule has 0 radical (unpaired) electrons. The fraction of sp³-hybridized carbons (Fsp3) is 0.308. The van der Waals surface area contributed by atoms with Crippen molar-refractivity contribution in [3.05, 3.63) is 42.7 Å². The van der Waals surface area contributed by atoms with Crippen molar-refractivity contribution in [3.8, 4) is 22.8 Å². The first-order valence-electron chi connectivity index (χ1n) is 12.5. The Morgan fingerprint density at radius 3 is 2.84 bits per heavy atom. The van der Waals surface area contributed by atoms with Gasteiger partial charge in [-0.15, -0.1) is 0 Å². The van der Waals surface area contributed by atoms with Crippen molar-refractivity contribution < 1.29 is 9.18 Å². The lowest BCUT2D eigenvalue weighted by Gasteiger charge is -2.28. The van der Waals surface area contributed by atoms with Gasteiger partial charge in [-0.1, -0.05) is 6.92 Å². The van der Waals surface area contributed by atoms with Crippen LogP contribution in [0.25, 0.3) is 44.8 Å². The van der Waals surface area contributed by atoms with Crippen molar-refractivity contribution >= 4 is 39.3 Å². The van der Waals surface area contributed by atoms with E-state index in [9.17, 15) is 4.79 Å². The molecule has 0 unspecified atom stereocenters. The van der Waals surface area contributed by atoms with E-state index >= 15 is 4.39 Å². The predicted molar refractivity (Wildman–Crippen MR) is 140 cm³/mol. The van der Waals surface area contributed by atoms with E-state index in [-0.39, 0.29) is 17.0 Å². The maximum Gasteiger partial charge on any atom is 0.224 e. The van der Waals surface area contributed by atoms with Crippen molar-refractivity contribution in [2.45, 2.75) is 39.0 Å². The van der Waals surface area contributed by atoms with Crippen LogP contribution in [0.5, 0.6) is 0 Å². The second-order valence-electron chi connectivity index (χ2n) is 9.20. The molecule has 37 heavy (non-hydrogen) atoms. The molecule has 5 aromatic heterocycles. The Bertz CT molecular complexity index is 1600. The fourth-order valence-electron chi connectivity index (χ4n) is 4.84. The predicted octanol–water partition coefficient (Wildman–Crippen LogP) is 4.83. The summed E-state index contributed by atoms with van der Waals surface area (Å²) in [5.41, 5.74) is 4.21. The number of imidazole rings is 1. The lowest BCUT2D eigenvalue weighted by molar-refractivity contribution is -0.116. The molecule has 0 atom stereocenters. The van der Waals surface area contributed by atoms with E-state index in [1.807, 2.05) is 13.0 Å². The largest absolute Gasteiger partial charge is 0.370 e. The molecule has 188 valence electrons. The molecule has 3 N–H and O–H groups in total. The number of rotatable bonds is 6. The summed E-state index contributed by atoms with van der Waals surface area (Å²) in [7, 11) is 0. The Kier molecular flexibility index (Phi) is 5.95. The normalized spacial score (nSPS) is 13.9. The molecule has 6 rings (SSSR count). The molecule has 10 nitrogen and oxygen atoms in total. The minimum atomic E-state index is -0.551. The third-order valence-electron chi connectivity index (χ3n) is 6.60. The van der Waals surface area contributed by atoms with Crippen LogP contribution in [0, 0.1) is 5.82 Å². The van der Waals surface area contributed by atoms with E-state index in [1.165, 1.54) is 25.0 Å². The van der Waals surface area contributed by atoms with Crippen LogP contribution in [0.4, 0.5) is 15.8 Å². The van der Waals surface area contributed by atoms with Crippen LogP contribution in [0.1, 0.15) is 39.0 Å². The van der Waals surface area contributed by atoms with Crippen molar-refractivity contribution in [2.75, 3.05) is 23.3 Å². The van der Waals surface area contributed by atoms with Gasteiger partial charge >= 0.3 is 0 Å². The fourth-order valence-corrected chi connectivity index (χ4v) is 4.84. The number of carbonyl (C=O) groups is 1. The number of nitrogens with zero attached hydrogens (tertiary/aromatic N) is 6. The zero-order valence-electron chi connectivity index (χ0n) is 20.4. The van der Waals surface area contributed by atoms with Gasteiger partial charge in [0.05, 0.1) is 34.7 Å². The van der Waals surface area contributed by atoms with E-state index < -0.39 is 5.82 Å². The highest BCUT2D eigenvalue weighted by atomic mass is 19.1. The van der Waals surface area contributed by atoms with Crippen molar-refractivity contribution in [3.63, 3.8) is 0 Å². The quantitative estimate of drug-likeness (QED) is 0.305. The van der Waals surface area contributed by atoms with Gasteiger partial charge in [-0.05, 0) is 37.8 Å². The summed E-state index contributed by atoms with van der Waals surface area (Å²) in [6.45, 7) is 3.88. The van der Waals surface area contributed by atoms with Gasteiger partial charge in [-0.25, -0.2) is 14.4 Å². The number of hydrogen-bond donors (Lipinski definition) is 3. The SMILES string of the molecule is CCCC(=O)Nc1cncc(-c2ncc3[nH]nc(-c4nc5c(N6CCCCC6)ccnc5[nH]4)c3c2F)c1. The minimum absolute atomic E-state index is 0.109. The molecular weight excluding hydrogens is 473 g/mol. The number of fused-ring (bicyclic) bond motifs is 2. The summed E-state index contributed by atoms with van der Waals surface area (Å²) in [5, 5.41) is 10.3. The molecule has 6 heterocycles. The van der Waals surface area contributed by atoms with Gasteiger partial charge in [0.2, 0.25) is 5.91 Å². The number of aromatic amines is 2. The van der Waals surface area contributed by atoms with E-state index in [2.05, 4.69) is 40.3 Å². The molecule has 0 aromatic carbocycles. The second kappa shape index (κ2) is 9.57. The first kappa shape index (κ1) is 23.0. The highest BCUT2D eigenvalue weighted by Gasteiger charge is 2.23. The molecule has 0 bridgehead atoms. The molecule has 1 aliphatic heterocycles. The molecule has 0 aliphatic carbocycles. The Balaban J connectivity index is 1.41. The molecule has 1 saturated heterocycles. The van der Waals surface area contributed by atoms with Crippen LogP contribution in [-0.2, 0) is 4.79 Å². The monoisotopic (exact) mass is 499 g/mol. The third-order valence-corrected chi connectivity index (χ3v) is 6.60. The summed E-state index contributed by atoms with van der Waals surface area (Å²) in [6.07, 6.45) is 11.0. The van der Waals surface area contributed by atoms with Gasteiger partial charge in [-0.3, -0.25) is 19.9 Å². The van der Waals surface area contributed by atoms with E-state index in [1.54, 1.807) is 12.3 Å². The van der Waals surface area contributed by atoms with Crippen LogP contribution in [-0.4, -0.2) is 54.1 Å². The molecule has 0 saturated carbocycles. The van der Waals surface area contributed by atoms with E-state index in [4.69, 9.17) is 4.98 Å². The Morgan fingerprint density at radius 1 is 1.14 bits per heavy atom. The van der Waals surface area contributed by atoms with Crippen LogP contribution in [0.3, 0.4) is 0 Å². The highest BCUT2D eigenvalue weighted by molar-refractivity contribution is 5.97. The topological polar surface area (TPSA) is 128 Å². The summed E-state index contributed by atoms with van der Waals surface area (Å²) in [5.74, 6) is -0.248. The van der Waals surface area contributed by atoms with Gasteiger partial charge in [0.25, 0.3) is 0 Å². The Hall–Kier alpha value is -4.41. The maximum absolute atomic E-state index is 16.0. The summed E-state index contributed by atoms with van der Waals surface area (Å²) in [4.78, 5) is 35.3. The zero-order chi connectivity index (χ0) is 25.4. The van der Waals surface area contributed by atoms with Gasteiger partial charge < -0.3 is 15.2 Å². The first-order valence-corrected chi connectivity index (χ1v) is 12.5. The minimum Gasteiger partial charge on any atom is -0.370 e. The smallest absolute Gasteiger partial charge is 0.224 e. The number of nitrogens with one attached hydrogen (secondary N) is 3. The summed E-state index contributed by atoms with van der Waals surface area (Å²) >= 11 is 0. The van der Waals surface area contributed by atoms with Gasteiger partial charge in [0.1, 0.15) is 16.9 Å². The van der Waals surface area contributed by atoms with E-state index in [0.717, 1.165) is 43.6 Å². The molecular formula is C26H26FN9O. The molecule has 1 aliphatic rings.